The number of anilines is 1. The van der Waals surface area contributed by atoms with Crippen LogP contribution in [0.1, 0.15) is 12.8 Å². The molecule has 1 aromatic carbocycles. The molecule has 1 fully saturated rings. The molecule has 5 nitrogen and oxygen atoms in total. The Balaban J connectivity index is 2.22. The molecule has 0 aliphatic carbocycles. The Morgan fingerprint density at radius 1 is 1.35 bits per heavy atom. The van der Waals surface area contributed by atoms with Crippen LogP contribution in [0.2, 0.25) is 0 Å². The van der Waals surface area contributed by atoms with Gasteiger partial charge in [0.15, 0.2) is 0 Å². The van der Waals surface area contributed by atoms with Crippen molar-refractivity contribution in [3.05, 3.63) is 22.4 Å². The van der Waals surface area contributed by atoms with Gasteiger partial charge in [-0.2, -0.15) is 0 Å². The number of hydrogen-bond acceptors (Lipinski definition) is 4. The summed E-state index contributed by atoms with van der Waals surface area (Å²) in [5.41, 5.74) is 5.43. The van der Waals surface area contributed by atoms with Gasteiger partial charge >= 0.3 is 0 Å². The number of nitrogens with one attached hydrogen (secondary N) is 1. The van der Waals surface area contributed by atoms with E-state index in [0.29, 0.717) is 24.3 Å². The summed E-state index contributed by atoms with van der Waals surface area (Å²) in [6.07, 6.45) is 1.04. The number of hydrogen-bond donors (Lipinski definition) is 2. The van der Waals surface area contributed by atoms with E-state index in [2.05, 4.69) is 20.7 Å². The van der Waals surface area contributed by atoms with E-state index in [4.69, 9.17) is 5.73 Å². The molecule has 20 heavy (non-hydrogen) atoms. The zero-order valence-electron chi connectivity index (χ0n) is 10.4. The van der Waals surface area contributed by atoms with Gasteiger partial charge in [0.05, 0.1) is 10.2 Å². The Hall–Kier alpha value is -0.510. The third-order valence-electron chi connectivity index (χ3n) is 3.05. The fraction of sp³-hybridized carbons (Fsp3) is 0.455. The molecule has 0 spiro atoms. The molecule has 1 aliphatic rings. The highest BCUT2D eigenvalue weighted by atomic mass is 79.9. The van der Waals surface area contributed by atoms with E-state index in [0.717, 1.165) is 12.1 Å². The Morgan fingerprint density at radius 3 is 2.55 bits per heavy atom. The van der Waals surface area contributed by atoms with Crippen LogP contribution < -0.4 is 10.5 Å². The van der Waals surface area contributed by atoms with Gasteiger partial charge in [-0.3, -0.25) is 4.21 Å². The maximum Gasteiger partial charge on any atom is 0.242 e. The molecular weight excluding hydrogens is 371 g/mol. The van der Waals surface area contributed by atoms with Crippen molar-refractivity contribution in [2.24, 2.45) is 0 Å². The van der Waals surface area contributed by atoms with Gasteiger partial charge in [0.25, 0.3) is 0 Å². The van der Waals surface area contributed by atoms with Gasteiger partial charge in [-0.1, -0.05) is 0 Å². The van der Waals surface area contributed by atoms with Gasteiger partial charge in [0.2, 0.25) is 10.0 Å². The molecule has 112 valence electrons. The minimum absolute atomic E-state index is 0.0387. The van der Waals surface area contributed by atoms with E-state index < -0.39 is 26.6 Å². The van der Waals surface area contributed by atoms with Crippen LogP contribution >= 0.6 is 15.9 Å². The zero-order chi connectivity index (χ0) is 14.9. The van der Waals surface area contributed by atoms with Crippen molar-refractivity contribution in [3.63, 3.8) is 0 Å². The number of nitrogens with two attached hydrogens (primary N) is 1. The summed E-state index contributed by atoms with van der Waals surface area (Å²) in [6.45, 7) is 0. The summed E-state index contributed by atoms with van der Waals surface area (Å²) in [5, 5.41) is 0. The Bertz CT molecular complexity index is 641. The quantitative estimate of drug-likeness (QED) is 0.769. The second-order valence-corrected chi connectivity index (χ2v) is 8.78. The molecule has 0 amide bonds. The second-order valence-electron chi connectivity index (χ2n) is 4.55. The smallest absolute Gasteiger partial charge is 0.242 e. The van der Waals surface area contributed by atoms with Crippen molar-refractivity contribution in [3.8, 4) is 0 Å². The lowest BCUT2D eigenvalue weighted by atomic mass is 10.2. The molecule has 0 unspecified atom stereocenters. The van der Waals surface area contributed by atoms with Crippen molar-refractivity contribution in [1.29, 1.82) is 0 Å². The van der Waals surface area contributed by atoms with E-state index in [1.807, 2.05) is 0 Å². The average molecular weight is 385 g/mol. The molecule has 1 aliphatic heterocycles. The molecule has 3 N–H and O–H groups in total. The monoisotopic (exact) mass is 384 g/mol. The van der Waals surface area contributed by atoms with Gasteiger partial charge in [0, 0.05) is 28.3 Å². The van der Waals surface area contributed by atoms with Crippen LogP contribution in [0.5, 0.6) is 0 Å². The lowest BCUT2D eigenvalue weighted by Gasteiger charge is -2.22. The molecule has 0 atom stereocenters. The average Bonchev–Trinajstić information content (AvgIpc) is 2.36. The number of nitrogen functional groups attached to an aromatic ring is 1. The number of halogens is 2. The summed E-state index contributed by atoms with van der Waals surface area (Å²) in [4.78, 5) is -0.155. The third kappa shape index (κ3) is 3.57. The van der Waals surface area contributed by atoms with Crippen molar-refractivity contribution in [2.45, 2.75) is 23.8 Å². The summed E-state index contributed by atoms with van der Waals surface area (Å²) in [5.74, 6) is 0.348. The largest absolute Gasteiger partial charge is 0.398 e. The third-order valence-corrected chi connectivity index (χ3v) is 6.62. The summed E-state index contributed by atoms with van der Waals surface area (Å²) < 4.78 is 51.6. The van der Waals surface area contributed by atoms with E-state index in [1.54, 1.807) is 0 Å². The summed E-state index contributed by atoms with van der Waals surface area (Å²) >= 11 is 2.94. The van der Waals surface area contributed by atoms with Crippen LogP contribution in [0.3, 0.4) is 0 Å². The van der Waals surface area contributed by atoms with E-state index in [-0.39, 0.29) is 21.1 Å². The van der Waals surface area contributed by atoms with Gasteiger partial charge in [-0.15, -0.1) is 0 Å². The molecule has 0 aromatic heterocycles. The van der Waals surface area contributed by atoms with Crippen LogP contribution in [-0.2, 0) is 20.8 Å². The first-order chi connectivity index (χ1) is 9.29. The van der Waals surface area contributed by atoms with Crippen molar-refractivity contribution < 1.29 is 17.0 Å². The molecular formula is C11H14BrFN2O3S2. The van der Waals surface area contributed by atoms with Crippen LogP contribution in [0, 0.1) is 5.82 Å². The first kappa shape index (κ1) is 15.9. The molecule has 1 saturated heterocycles. The fourth-order valence-corrected chi connectivity index (χ4v) is 5.21. The van der Waals surface area contributed by atoms with Gasteiger partial charge < -0.3 is 5.73 Å². The number of benzene rings is 1. The van der Waals surface area contributed by atoms with Gasteiger partial charge in [-0.05, 0) is 40.9 Å². The highest BCUT2D eigenvalue weighted by Gasteiger charge is 2.26. The maximum atomic E-state index is 13.3. The predicted octanol–water partition coefficient (Wildman–Crippen LogP) is 1.36. The standard InChI is InChI=1S/C11H14BrFN2O3S2/c12-8-5-11(10(14)6-9(8)13)20(17,18)15-7-1-3-19(16)4-2-7/h5-7,15H,1-4,14H2. The molecule has 1 aromatic rings. The first-order valence-corrected chi connectivity index (χ1v) is 9.68. The van der Waals surface area contributed by atoms with Crippen LogP contribution in [0.4, 0.5) is 10.1 Å². The van der Waals surface area contributed by atoms with Crippen LogP contribution in [0.15, 0.2) is 21.5 Å². The molecule has 0 radical (unpaired) electrons. The van der Waals surface area contributed by atoms with E-state index >= 15 is 0 Å². The Morgan fingerprint density at radius 2 is 1.95 bits per heavy atom. The lowest BCUT2D eigenvalue weighted by molar-refractivity contribution is 0.522. The summed E-state index contributed by atoms with van der Waals surface area (Å²) in [7, 11) is -4.68. The van der Waals surface area contributed by atoms with E-state index in [9.17, 15) is 17.0 Å². The van der Waals surface area contributed by atoms with Gasteiger partial charge in [-0.25, -0.2) is 17.5 Å². The fourth-order valence-electron chi connectivity index (χ4n) is 1.97. The maximum absolute atomic E-state index is 13.3. The van der Waals surface area contributed by atoms with Crippen LogP contribution in [0.25, 0.3) is 0 Å². The Kier molecular flexibility index (Phi) is 4.83. The molecule has 2 rings (SSSR count). The second kappa shape index (κ2) is 6.08. The highest BCUT2D eigenvalue weighted by Crippen LogP contribution is 2.26. The summed E-state index contributed by atoms with van der Waals surface area (Å²) in [6, 6.07) is 1.85. The molecule has 9 heteroatoms. The Labute approximate surface area is 127 Å². The lowest BCUT2D eigenvalue weighted by Crippen LogP contribution is -2.39. The predicted molar refractivity (Wildman–Crippen MR) is 79.7 cm³/mol. The van der Waals surface area contributed by atoms with Crippen molar-refractivity contribution >= 4 is 42.4 Å². The topological polar surface area (TPSA) is 89.3 Å². The first-order valence-electron chi connectivity index (χ1n) is 5.91. The SMILES string of the molecule is Nc1cc(F)c(Br)cc1S(=O)(=O)NC1CCS(=O)CC1. The number of rotatable bonds is 3. The van der Waals surface area contributed by atoms with Crippen LogP contribution in [-0.4, -0.2) is 30.2 Å². The highest BCUT2D eigenvalue weighted by molar-refractivity contribution is 9.10. The normalized spacial score (nSPS) is 23.7. The molecule has 0 saturated carbocycles. The minimum Gasteiger partial charge on any atom is -0.398 e. The van der Waals surface area contributed by atoms with E-state index in [1.165, 1.54) is 0 Å². The van der Waals surface area contributed by atoms with Gasteiger partial charge in [0.1, 0.15) is 10.7 Å². The zero-order valence-corrected chi connectivity index (χ0v) is 13.7. The molecule has 0 bridgehead atoms. The van der Waals surface area contributed by atoms with Crippen molar-refractivity contribution in [2.75, 3.05) is 17.2 Å². The number of sulfonamides is 1. The minimum atomic E-state index is -3.82. The van der Waals surface area contributed by atoms with Crippen molar-refractivity contribution in [1.82, 2.24) is 4.72 Å². The molecule has 1 heterocycles.